The number of amides is 1. The molecule has 0 spiro atoms. The van der Waals surface area contributed by atoms with Gasteiger partial charge in [-0.15, -0.1) is 0 Å². The van der Waals surface area contributed by atoms with Crippen LogP contribution in [0, 0.1) is 25.0 Å². The molecule has 33 heavy (non-hydrogen) atoms. The molecule has 0 unspecified atom stereocenters. The third-order valence-electron chi connectivity index (χ3n) is 4.18. The molecular weight excluding hydrogens is 561 g/mol. The van der Waals surface area contributed by atoms with Gasteiger partial charge >= 0.3 is 10.1 Å². The number of rotatable bonds is 7. The quantitative estimate of drug-likeness (QED) is 0.109. The van der Waals surface area contributed by atoms with Crippen molar-refractivity contribution < 1.29 is 22.3 Å². The Kier molecular flexibility index (Phi) is 7.41. The van der Waals surface area contributed by atoms with Gasteiger partial charge in [-0.05, 0) is 76.7 Å². The minimum Gasteiger partial charge on any atom is -0.379 e. The van der Waals surface area contributed by atoms with Crippen LogP contribution < -0.4 is 9.50 Å². The third kappa shape index (κ3) is 6.37. The number of nitro groups is 1. The molecule has 166 valence electrons. The average Bonchev–Trinajstić information content (AvgIpc) is 2.78. The summed E-state index contributed by atoms with van der Waals surface area (Å²) in [5.41, 5.74) is 0.642. The van der Waals surface area contributed by atoms with Crippen LogP contribution in [-0.4, -0.2) is 19.2 Å². The molecule has 0 aliphatic carbocycles. The smallest absolute Gasteiger partial charge is 0.339 e. The topological polar surface area (TPSA) is 139 Å². The molecule has 3 rings (SSSR count). The van der Waals surface area contributed by atoms with Crippen molar-refractivity contribution in [2.75, 3.05) is 5.32 Å². The summed E-state index contributed by atoms with van der Waals surface area (Å²) < 4.78 is 30.7. The average molecular weight is 575 g/mol. The minimum atomic E-state index is -4.20. The lowest BCUT2D eigenvalue weighted by molar-refractivity contribution is -0.384. The molecule has 0 bridgehead atoms. The highest BCUT2D eigenvalue weighted by Crippen LogP contribution is 2.22. The van der Waals surface area contributed by atoms with E-state index in [2.05, 4.69) is 27.9 Å². The number of non-ortho nitro benzene ring substituents is 1. The SMILES string of the molecule is N#C/C(=C\c1ccc(OS(=O)(=O)c2ccc([N+](=O)[O-])cc2)cc1)C(=O)Nc1cccc(I)c1. The zero-order chi connectivity index (χ0) is 24.0. The van der Waals surface area contributed by atoms with Gasteiger partial charge in [0, 0.05) is 21.4 Å². The number of carbonyl (C=O) groups excluding carboxylic acids is 1. The summed E-state index contributed by atoms with van der Waals surface area (Å²) in [6.45, 7) is 0. The molecule has 0 radical (unpaired) electrons. The molecule has 0 aromatic heterocycles. The van der Waals surface area contributed by atoms with Gasteiger partial charge in [-0.1, -0.05) is 18.2 Å². The molecule has 0 aliphatic heterocycles. The Morgan fingerprint density at radius 1 is 1.09 bits per heavy atom. The van der Waals surface area contributed by atoms with Gasteiger partial charge in [-0.2, -0.15) is 13.7 Å². The number of hydrogen-bond acceptors (Lipinski definition) is 7. The van der Waals surface area contributed by atoms with Gasteiger partial charge < -0.3 is 9.50 Å². The van der Waals surface area contributed by atoms with E-state index in [0.717, 1.165) is 27.8 Å². The van der Waals surface area contributed by atoms with Crippen LogP contribution in [0.15, 0.2) is 83.3 Å². The summed E-state index contributed by atoms with van der Waals surface area (Å²) in [6.07, 6.45) is 1.36. The molecule has 0 saturated carbocycles. The first-order chi connectivity index (χ1) is 15.7. The summed E-state index contributed by atoms with van der Waals surface area (Å²) >= 11 is 2.10. The lowest BCUT2D eigenvalue weighted by atomic mass is 10.1. The van der Waals surface area contributed by atoms with Crippen molar-refractivity contribution in [3.8, 4) is 11.8 Å². The van der Waals surface area contributed by atoms with Crippen molar-refractivity contribution in [2.45, 2.75) is 4.90 Å². The predicted octanol–water partition coefficient (Wildman–Crippen LogP) is 4.51. The minimum absolute atomic E-state index is 0.00711. The number of halogens is 1. The van der Waals surface area contributed by atoms with Gasteiger partial charge in [-0.3, -0.25) is 14.9 Å². The number of anilines is 1. The number of nitro benzene ring substituents is 1. The summed E-state index contributed by atoms with van der Waals surface area (Å²) in [5.74, 6) is -0.590. The lowest BCUT2D eigenvalue weighted by Crippen LogP contribution is -2.13. The predicted molar refractivity (Wildman–Crippen MR) is 129 cm³/mol. The number of nitrogens with zero attached hydrogens (tertiary/aromatic N) is 2. The third-order valence-corrected chi connectivity index (χ3v) is 6.11. The highest BCUT2D eigenvalue weighted by atomic mass is 127. The van der Waals surface area contributed by atoms with Crippen molar-refractivity contribution in [3.05, 3.63) is 97.6 Å². The second-order valence-corrected chi connectivity index (χ2v) is 9.28. The van der Waals surface area contributed by atoms with Gasteiger partial charge in [0.05, 0.1) is 4.92 Å². The maximum Gasteiger partial charge on any atom is 0.339 e. The fourth-order valence-electron chi connectivity index (χ4n) is 2.61. The molecule has 11 heteroatoms. The molecule has 0 aliphatic rings. The largest absolute Gasteiger partial charge is 0.379 e. The van der Waals surface area contributed by atoms with Gasteiger partial charge in [0.1, 0.15) is 22.3 Å². The van der Waals surface area contributed by atoms with Crippen LogP contribution in [0.25, 0.3) is 6.08 Å². The standard InChI is InChI=1S/C22H14IN3O6S/c23-17-2-1-3-18(13-17)25-22(27)16(14-24)12-15-4-8-20(9-5-15)32-33(30,31)21-10-6-19(7-11-21)26(28)29/h1-13H,(H,25,27)/b16-12+. The van der Waals surface area contributed by atoms with E-state index < -0.39 is 20.9 Å². The molecule has 1 amide bonds. The number of carbonyl (C=O) groups is 1. The van der Waals surface area contributed by atoms with Crippen LogP contribution >= 0.6 is 22.6 Å². The lowest BCUT2D eigenvalue weighted by Gasteiger charge is -2.07. The Balaban J connectivity index is 1.73. The zero-order valence-corrected chi connectivity index (χ0v) is 19.6. The molecule has 0 fully saturated rings. The van der Waals surface area contributed by atoms with Crippen LogP contribution in [0.1, 0.15) is 5.56 Å². The number of nitrogens with one attached hydrogen (secondary N) is 1. The van der Waals surface area contributed by atoms with E-state index >= 15 is 0 Å². The van der Waals surface area contributed by atoms with Crippen molar-refractivity contribution in [1.82, 2.24) is 0 Å². The van der Waals surface area contributed by atoms with Crippen LogP contribution in [0.5, 0.6) is 5.75 Å². The monoisotopic (exact) mass is 575 g/mol. The fourth-order valence-corrected chi connectivity index (χ4v) is 4.08. The van der Waals surface area contributed by atoms with Crippen LogP contribution in [0.2, 0.25) is 0 Å². The Morgan fingerprint density at radius 3 is 2.33 bits per heavy atom. The van der Waals surface area contributed by atoms with Crippen LogP contribution in [0.4, 0.5) is 11.4 Å². The zero-order valence-electron chi connectivity index (χ0n) is 16.6. The first kappa shape index (κ1) is 23.9. The maximum absolute atomic E-state index is 12.4. The summed E-state index contributed by atoms with van der Waals surface area (Å²) in [6, 6.07) is 18.9. The van der Waals surface area contributed by atoms with Crippen molar-refractivity contribution >= 4 is 56.1 Å². The summed E-state index contributed by atoms with van der Waals surface area (Å²) in [4.78, 5) is 22.2. The second-order valence-electron chi connectivity index (χ2n) is 6.49. The fraction of sp³-hybridized carbons (Fsp3) is 0. The van der Waals surface area contributed by atoms with Crippen LogP contribution in [-0.2, 0) is 14.9 Å². The van der Waals surface area contributed by atoms with E-state index in [1.165, 1.54) is 30.3 Å². The van der Waals surface area contributed by atoms with Crippen LogP contribution in [0.3, 0.4) is 0 Å². The first-order valence-electron chi connectivity index (χ1n) is 9.16. The van der Waals surface area contributed by atoms with E-state index in [0.29, 0.717) is 11.3 Å². The van der Waals surface area contributed by atoms with Gasteiger partial charge in [0.15, 0.2) is 0 Å². The molecule has 9 nitrogen and oxygen atoms in total. The molecule has 3 aromatic rings. The molecule has 0 saturated heterocycles. The van der Waals surface area contributed by atoms with E-state index in [1.807, 2.05) is 12.1 Å². The van der Waals surface area contributed by atoms with E-state index in [4.69, 9.17) is 4.18 Å². The molecular formula is C22H14IN3O6S. The normalized spacial score (nSPS) is 11.3. The number of nitriles is 1. The Bertz CT molecular complexity index is 1380. The number of hydrogen-bond donors (Lipinski definition) is 1. The van der Waals surface area contributed by atoms with Gasteiger partial charge in [0.25, 0.3) is 11.6 Å². The number of benzene rings is 3. The van der Waals surface area contributed by atoms with Crippen molar-refractivity contribution in [2.24, 2.45) is 0 Å². The highest BCUT2D eigenvalue weighted by Gasteiger charge is 2.18. The summed E-state index contributed by atoms with van der Waals surface area (Å²) in [7, 11) is -4.20. The highest BCUT2D eigenvalue weighted by molar-refractivity contribution is 14.1. The molecule has 3 aromatic carbocycles. The second kappa shape index (κ2) is 10.2. The molecule has 0 heterocycles. The van der Waals surface area contributed by atoms with Crippen molar-refractivity contribution in [3.63, 3.8) is 0 Å². The van der Waals surface area contributed by atoms with Crippen molar-refractivity contribution in [1.29, 1.82) is 5.26 Å². The maximum atomic E-state index is 12.4. The molecule has 0 atom stereocenters. The van der Waals surface area contributed by atoms with E-state index in [1.54, 1.807) is 18.2 Å². The Morgan fingerprint density at radius 2 is 1.76 bits per heavy atom. The first-order valence-corrected chi connectivity index (χ1v) is 11.6. The Labute approximate surface area is 202 Å². The van der Waals surface area contributed by atoms with E-state index in [-0.39, 0.29) is 21.9 Å². The van der Waals surface area contributed by atoms with Gasteiger partial charge in [0.2, 0.25) is 0 Å². The Hall–Kier alpha value is -3.76. The van der Waals surface area contributed by atoms with Gasteiger partial charge in [-0.25, -0.2) is 0 Å². The van der Waals surface area contributed by atoms with E-state index in [9.17, 15) is 28.6 Å². The summed E-state index contributed by atoms with van der Waals surface area (Å²) in [5, 5.41) is 22.7. The molecule has 1 N–H and O–H groups in total.